The smallest absolute Gasteiger partial charge is 0.0638 e. The molecule has 1 saturated carbocycles. The minimum Gasteiger partial charge on any atom is -0.298 e. The zero-order valence-electron chi connectivity index (χ0n) is 12.9. The maximum atomic E-state index is 4.43. The number of aromatic nitrogens is 2. The van der Waals surface area contributed by atoms with Crippen LogP contribution in [0.4, 0.5) is 0 Å². The van der Waals surface area contributed by atoms with Crippen molar-refractivity contribution in [3.63, 3.8) is 0 Å². The van der Waals surface area contributed by atoms with Gasteiger partial charge in [0.15, 0.2) is 0 Å². The standard InChI is InChI=1S/C18H23N3/c1-14-17(10-20(2)19-14)11-21-12-18(13-21)8-16(9-18)15-6-4-3-5-7-15/h3-7,10,16H,8-9,11-13H2,1-2H3. The summed E-state index contributed by atoms with van der Waals surface area (Å²) in [6, 6.07) is 11.0. The van der Waals surface area contributed by atoms with E-state index in [2.05, 4.69) is 53.5 Å². The molecule has 0 atom stereocenters. The van der Waals surface area contributed by atoms with Crippen LogP contribution < -0.4 is 0 Å². The number of aryl methyl sites for hydroxylation is 2. The summed E-state index contributed by atoms with van der Waals surface area (Å²) in [7, 11) is 2.00. The van der Waals surface area contributed by atoms with Crippen LogP contribution in [0.1, 0.15) is 35.6 Å². The Kier molecular flexibility index (Phi) is 2.93. The van der Waals surface area contributed by atoms with Crippen LogP contribution in [0.3, 0.4) is 0 Å². The zero-order chi connectivity index (χ0) is 14.4. The lowest BCUT2D eigenvalue weighted by atomic mass is 9.56. The van der Waals surface area contributed by atoms with Crippen molar-refractivity contribution >= 4 is 0 Å². The summed E-state index contributed by atoms with van der Waals surface area (Å²) in [5.41, 5.74) is 4.71. The topological polar surface area (TPSA) is 21.1 Å². The number of benzene rings is 1. The monoisotopic (exact) mass is 281 g/mol. The molecule has 3 nitrogen and oxygen atoms in total. The van der Waals surface area contributed by atoms with Crippen molar-refractivity contribution < 1.29 is 0 Å². The van der Waals surface area contributed by atoms with Gasteiger partial charge in [-0.2, -0.15) is 5.10 Å². The highest BCUT2D eigenvalue weighted by Gasteiger charge is 2.52. The van der Waals surface area contributed by atoms with E-state index in [1.54, 1.807) is 0 Å². The third-order valence-corrected chi connectivity index (χ3v) is 5.26. The van der Waals surface area contributed by atoms with Gasteiger partial charge in [0.1, 0.15) is 0 Å². The van der Waals surface area contributed by atoms with Gasteiger partial charge in [-0.05, 0) is 36.7 Å². The van der Waals surface area contributed by atoms with Crippen LogP contribution in [0, 0.1) is 12.3 Å². The molecule has 0 radical (unpaired) electrons. The van der Waals surface area contributed by atoms with Gasteiger partial charge in [0.25, 0.3) is 0 Å². The van der Waals surface area contributed by atoms with E-state index in [1.807, 2.05) is 11.7 Å². The van der Waals surface area contributed by atoms with Crippen LogP contribution in [0.5, 0.6) is 0 Å². The summed E-state index contributed by atoms with van der Waals surface area (Å²) in [5, 5.41) is 4.43. The molecule has 0 bridgehead atoms. The second-order valence-electron chi connectivity index (χ2n) is 7.07. The molecule has 3 heteroatoms. The maximum Gasteiger partial charge on any atom is 0.0638 e. The molecule has 4 rings (SSSR count). The van der Waals surface area contributed by atoms with E-state index in [0.717, 1.165) is 12.5 Å². The summed E-state index contributed by atoms with van der Waals surface area (Å²) in [5.74, 6) is 0.800. The fraction of sp³-hybridized carbons (Fsp3) is 0.500. The van der Waals surface area contributed by atoms with Gasteiger partial charge in [-0.3, -0.25) is 9.58 Å². The number of rotatable bonds is 3. The molecule has 110 valence electrons. The van der Waals surface area contributed by atoms with E-state index >= 15 is 0 Å². The molecule has 1 saturated heterocycles. The van der Waals surface area contributed by atoms with Crippen molar-refractivity contribution in [3.05, 3.63) is 53.3 Å². The van der Waals surface area contributed by atoms with Gasteiger partial charge < -0.3 is 0 Å². The molecule has 1 aliphatic heterocycles. The quantitative estimate of drug-likeness (QED) is 0.862. The van der Waals surface area contributed by atoms with E-state index < -0.39 is 0 Å². The predicted octanol–water partition coefficient (Wildman–Crippen LogP) is 3.11. The van der Waals surface area contributed by atoms with Gasteiger partial charge in [-0.1, -0.05) is 30.3 Å². The number of likely N-dealkylation sites (tertiary alicyclic amines) is 1. The lowest BCUT2D eigenvalue weighted by Crippen LogP contribution is -2.61. The Morgan fingerprint density at radius 2 is 1.90 bits per heavy atom. The molecule has 1 aliphatic carbocycles. The van der Waals surface area contributed by atoms with Gasteiger partial charge in [0, 0.05) is 38.4 Å². The van der Waals surface area contributed by atoms with Gasteiger partial charge in [0.05, 0.1) is 5.69 Å². The molecule has 0 N–H and O–H groups in total. The lowest BCUT2D eigenvalue weighted by molar-refractivity contribution is -0.0776. The van der Waals surface area contributed by atoms with Crippen LogP contribution in [-0.4, -0.2) is 27.8 Å². The molecule has 0 amide bonds. The zero-order valence-corrected chi connectivity index (χ0v) is 12.9. The molecule has 1 aromatic heterocycles. The lowest BCUT2D eigenvalue weighted by Gasteiger charge is -2.59. The van der Waals surface area contributed by atoms with Crippen molar-refractivity contribution in [3.8, 4) is 0 Å². The summed E-state index contributed by atoms with van der Waals surface area (Å²) < 4.78 is 1.93. The Morgan fingerprint density at radius 3 is 2.52 bits per heavy atom. The van der Waals surface area contributed by atoms with E-state index in [9.17, 15) is 0 Å². The first kappa shape index (κ1) is 13.1. The Labute approximate surface area is 126 Å². The number of hydrogen-bond donors (Lipinski definition) is 0. The Morgan fingerprint density at radius 1 is 1.19 bits per heavy atom. The van der Waals surface area contributed by atoms with E-state index in [4.69, 9.17) is 0 Å². The van der Waals surface area contributed by atoms with Crippen LogP contribution >= 0.6 is 0 Å². The number of hydrogen-bond acceptors (Lipinski definition) is 2. The van der Waals surface area contributed by atoms with Gasteiger partial charge in [-0.25, -0.2) is 0 Å². The van der Waals surface area contributed by atoms with Gasteiger partial charge in [0.2, 0.25) is 0 Å². The van der Waals surface area contributed by atoms with Crippen molar-refractivity contribution in [1.82, 2.24) is 14.7 Å². The predicted molar refractivity (Wildman–Crippen MR) is 84.1 cm³/mol. The Bertz CT molecular complexity index is 630. The second kappa shape index (κ2) is 4.70. The maximum absolute atomic E-state index is 4.43. The second-order valence-corrected chi connectivity index (χ2v) is 7.07. The fourth-order valence-electron chi connectivity index (χ4n) is 4.26. The normalized spacial score (nSPS) is 21.2. The van der Waals surface area contributed by atoms with Crippen LogP contribution in [0.15, 0.2) is 36.5 Å². The first-order valence-electron chi connectivity index (χ1n) is 7.90. The third kappa shape index (κ3) is 2.30. The van der Waals surface area contributed by atoms with E-state index in [-0.39, 0.29) is 0 Å². The van der Waals surface area contributed by atoms with Crippen LogP contribution in [0.25, 0.3) is 0 Å². The summed E-state index contributed by atoms with van der Waals surface area (Å²) in [6.07, 6.45) is 4.91. The molecule has 1 aromatic carbocycles. The SMILES string of the molecule is Cc1nn(C)cc1CN1CC2(CC(c3ccccc3)C2)C1. The van der Waals surface area contributed by atoms with Crippen molar-refractivity contribution in [2.45, 2.75) is 32.2 Å². The molecule has 1 spiro atoms. The minimum atomic E-state index is 0.622. The minimum absolute atomic E-state index is 0.622. The molecular weight excluding hydrogens is 258 g/mol. The molecule has 2 aromatic rings. The van der Waals surface area contributed by atoms with Gasteiger partial charge in [-0.15, -0.1) is 0 Å². The Hall–Kier alpha value is -1.61. The first-order valence-corrected chi connectivity index (χ1v) is 7.90. The van der Waals surface area contributed by atoms with E-state index in [1.165, 1.54) is 42.8 Å². The van der Waals surface area contributed by atoms with Crippen molar-refractivity contribution in [1.29, 1.82) is 0 Å². The summed E-state index contributed by atoms with van der Waals surface area (Å²) in [4.78, 5) is 2.57. The molecule has 2 aliphatic rings. The largest absolute Gasteiger partial charge is 0.298 e. The van der Waals surface area contributed by atoms with Crippen LogP contribution in [-0.2, 0) is 13.6 Å². The molecule has 2 heterocycles. The summed E-state index contributed by atoms with van der Waals surface area (Å²) in [6.45, 7) is 5.71. The average molecular weight is 281 g/mol. The first-order chi connectivity index (χ1) is 10.1. The number of nitrogens with zero attached hydrogens (tertiary/aromatic N) is 3. The van der Waals surface area contributed by atoms with Crippen LogP contribution in [0.2, 0.25) is 0 Å². The fourth-order valence-corrected chi connectivity index (χ4v) is 4.26. The molecule has 0 unspecified atom stereocenters. The molecule has 2 fully saturated rings. The summed E-state index contributed by atoms with van der Waals surface area (Å²) >= 11 is 0. The highest BCUT2D eigenvalue weighted by Crippen LogP contribution is 2.56. The van der Waals surface area contributed by atoms with Crippen molar-refractivity contribution in [2.75, 3.05) is 13.1 Å². The van der Waals surface area contributed by atoms with Crippen molar-refractivity contribution in [2.24, 2.45) is 12.5 Å². The third-order valence-electron chi connectivity index (χ3n) is 5.26. The van der Waals surface area contributed by atoms with Gasteiger partial charge >= 0.3 is 0 Å². The molecule has 21 heavy (non-hydrogen) atoms. The van der Waals surface area contributed by atoms with E-state index in [0.29, 0.717) is 5.41 Å². The average Bonchev–Trinajstić information content (AvgIpc) is 2.70. The highest BCUT2D eigenvalue weighted by molar-refractivity contribution is 5.26. The highest BCUT2D eigenvalue weighted by atomic mass is 15.3. The molecular formula is C18H23N3. The Balaban J connectivity index is 1.32.